The summed E-state index contributed by atoms with van der Waals surface area (Å²) in [5, 5.41) is 18.6. The van der Waals surface area contributed by atoms with Crippen LogP contribution in [0.25, 0.3) is 16.5 Å². The fraction of sp³-hybridized carbons (Fsp3) is 0.0385. The highest BCUT2D eigenvalue weighted by atomic mass is 32.1. The van der Waals surface area contributed by atoms with E-state index >= 15 is 0 Å². The summed E-state index contributed by atoms with van der Waals surface area (Å²) in [6.45, 7) is 0. The Morgan fingerprint density at radius 1 is 0.491 bits per heavy atom. The average Bonchev–Trinajstić information content (AvgIpc) is 3.75. The van der Waals surface area contributed by atoms with Crippen LogP contribution in [0.5, 0.6) is 0 Å². The van der Waals surface area contributed by atoms with Crippen LogP contribution in [-0.2, 0) is 4.79 Å². The SMILES string of the molecule is N#C/C(=C\c1ccc(-c2ccc(N(c3ccc(C(c4ccccc4)c4ccccc4)cc3)c3ccc(C(c4ccccc4)c4ccccc4)cc3)cc2)s1)C(=O)O. The zero-order valence-electron chi connectivity index (χ0n) is 31.0. The molecular weight excluding hydrogens is 717 g/mol. The van der Waals surface area contributed by atoms with E-state index in [9.17, 15) is 15.2 Å². The molecule has 57 heavy (non-hydrogen) atoms. The fourth-order valence-electron chi connectivity index (χ4n) is 7.46. The highest BCUT2D eigenvalue weighted by Crippen LogP contribution is 2.40. The molecule has 0 fully saturated rings. The third-order valence-electron chi connectivity index (χ3n) is 10.2. The smallest absolute Gasteiger partial charge is 0.346 e. The van der Waals surface area contributed by atoms with Crippen molar-refractivity contribution in [3.05, 3.63) is 250 Å². The first-order valence-electron chi connectivity index (χ1n) is 18.8. The Bertz CT molecular complexity index is 2430. The van der Waals surface area contributed by atoms with Gasteiger partial charge in [0, 0.05) is 38.7 Å². The number of aliphatic carboxylic acids is 1. The van der Waals surface area contributed by atoms with Crippen molar-refractivity contribution in [3.8, 4) is 16.5 Å². The Morgan fingerprint density at radius 2 is 0.842 bits per heavy atom. The standard InChI is InChI=1S/C52H38N2O2S/c53-36-44(52(55)56)35-48-33-34-49(57-48)37-21-27-45(28-22-37)54(46-29-23-42(24-30-46)50(38-13-5-1-6-14-38)39-15-7-2-8-16-39)47-31-25-43(26-32-47)51(40-17-9-3-10-18-40)41-19-11-4-12-20-41/h1-35,50-51H,(H,55,56)/b44-35+. The predicted octanol–water partition coefficient (Wildman–Crippen LogP) is 13.2. The van der Waals surface area contributed by atoms with E-state index in [1.807, 2.05) is 12.1 Å². The van der Waals surface area contributed by atoms with Crippen LogP contribution < -0.4 is 4.90 Å². The average molecular weight is 755 g/mol. The van der Waals surface area contributed by atoms with Crippen molar-refractivity contribution in [2.45, 2.75) is 11.8 Å². The summed E-state index contributed by atoms with van der Waals surface area (Å²) in [7, 11) is 0. The molecule has 0 aliphatic heterocycles. The molecule has 0 amide bonds. The third-order valence-corrected chi connectivity index (χ3v) is 11.3. The van der Waals surface area contributed by atoms with Crippen molar-refractivity contribution in [2.75, 3.05) is 4.90 Å². The zero-order valence-corrected chi connectivity index (χ0v) is 31.8. The van der Waals surface area contributed by atoms with Gasteiger partial charge in [0.1, 0.15) is 11.6 Å². The monoisotopic (exact) mass is 754 g/mol. The third kappa shape index (κ3) is 8.23. The molecule has 0 radical (unpaired) electrons. The van der Waals surface area contributed by atoms with Crippen molar-refractivity contribution >= 4 is 40.4 Å². The molecule has 0 bridgehead atoms. The minimum Gasteiger partial charge on any atom is -0.477 e. The number of hydrogen-bond donors (Lipinski definition) is 1. The number of carboxylic acids is 1. The highest BCUT2D eigenvalue weighted by molar-refractivity contribution is 7.16. The van der Waals surface area contributed by atoms with Gasteiger partial charge >= 0.3 is 5.97 Å². The van der Waals surface area contributed by atoms with Crippen LogP contribution in [0, 0.1) is 11.3 Å². The lowest BCUT2D eigenvalue weighted by molar-refractivity contribution is -0.132. The van der Waals surface area contributed by atoms with Crippen LogP contribution in [-0.4, -0.2) is 11.1 Å². The lowest BCUT2D eigenvalue weighted by Crippen LogP contribution is -2.11. The summed E-state index contributed by atoms with van der Waals surface area (Å²) in [6.07, 6.45) is 1.42. The molecule has 0 aliphatic carbocycles. The molecule has 5 heteroatoms. The molecule has 274 valence electrons. The molecule has 0 saturated heterocycles. The molecule has 0 unspecified atom stereocenters. The molecule has 4 nitrogen and oxygen atoms in total. The quantitative estimate of drug-likeness (QED) is 0.0766. The summed E-state index contributed by atoms with van der Waals surface area (Å²) >= 11 is 1.45. The van der Waals surface area contributed by atoms with E-state index in [-0.39, 0.29) is 17.4 Å². The van der Waals surface area contributed by atoms with Crippen LogP contribution in [0.4, 0.5) is 17.1 Å². The molecule has 1 aromatic heterocycles. The molecule has 0 atom stereocenters. The number of nitrogens with zero attached hydrogens (tertiary/aromatic N) is 2. The fourth-order valence-corrected chi connectivity index (χ4v) is 8.42. The first-order chi connectivity index (χ1) is 28.1. The molecule has 1 N–H and O–H groups in total. The number of benzene rings is 7. The predicted molar refractivity (Wildman–Crippen MR) is 233 cm³/mol. The Labute approximate surface area is 337 Å². The molecule has 0 spiro atoms. The van der Waals surface area contributed by atoms with E-state index in [0.29, 0.717) is 4.88 Å². The van der Waals surface area contributed by atoms with Crippen molar-refractivity contribution in [1.82, 2.24) is 0 Å². The van der Waals surface area contributed by atoms with E-state index < -0.39 is 5.97 Å². The molecule has 1 heterocycles. The summed E-state index contributed by atoms with van der Waals surface area (Å²) < 4.78 is 0. The van der Waals surface area contributed by atoms with Gasteiger partial charge < -0.3 is 10.0 Å². The first kappa shape index (κ1) is 36.7. The van der Waals surface area contributed by atoms with Gasteiger partial charge in [-0.2, -0.15) is 5.26 Å². The second-order valence-electron chi connectivity index (χ2n) is 13.8. The molecule has 0 aliphatic rings. The van der Waals surface area contributed by atoms with Crippen LogP contribution in [0.3, 0.4) is 0 Å². The van der Waals surface area contributed by atoms with E-state index in [2.05, 4.69) is 199 Å². The van der Waals surface area contributed by atoms with Gasteiger partial charge in [-0.25, -0.2) is 4.79 Å². The second-order valence-corrected chi connectivity index (χ2v) is 14.9. The zero-order chi connectivity index (χ0) is 39.0. The largest absolute Gasteiger partial charge is 0.477 e. The number of nitriles is 1. The van der Waals surface area contributed by atoms with Crippen molar-refractivity contribution in [1.29, 1.82) is 5.26 Å². The molecular formula is C52H38N2O2S. The Morgan fingerprint density at radius 3 is 1.19 bits per heavy atom. The van der Waals surface area contributed by atoms with Gasteiger partial charge in [-0.15, -0.1) is 11.3 Å². The second kappa shape index (κ2) is 17.0. The summed E-state index contributed by atoms with van der Waals surface area (Å²) in [6, 6.07) is 74.4. The van der Waals surface area contributed by atoms with Crippen molar-refractivity contribution in [3.63, 3.8) is 0 Å². The van der Waals surface area contributed by atoms with Crippen molar-refractivity contribution in [2.24, 2.45) is 0 Å². The molecule has 8 aromatic rings. The minimum absolute atomic E-state index is 0.0895. The van der Waals surface area contributed by atoms with Crippen LogP contribution in [0.1, 0.15) is 50.1 Å². The number of thiophene rings is 1. The number of anilines is 3. The minimum atomic E-state index is -1.23. The van der Waals surface area contributed by atoms with E-state index in [4.69, 9.17) is 0 Å². The van der Waals surface area contributed by atoms with Crippen LogP contribution in [0.2, 0.25) is 0 Å². The number of carbonyl (C=O) groups is 1. The molecule has 7 aromatic carbocycles. The topological polar surface area (TPSA) is 64.3 Å². The maximum atomic E-state index is 11.4. The Kier molecular flexibility index (Phi) is 11.0. The van der Waals surface area contributed by atoms with Gasteiger partial charge in [-0.3, -0.25) is 0 Å². The van der Waals surface area contributed by atoms with Gasteiger partial charge in [-0.05, 0) is 93.6 Å². The lowest BCUT2D eigenvalue weighted by atomic mass is 9.85. The Hall–Kier alpha value is -7.26. The van der Waals surface area contributed by atoms with Gasteiger partial charge in [0.2, 0.25) is 0 Å². The van der Waals surface area contributed by atoms with Gasteiger partial charge in [0.15, 0.2) is 0 Å². The highest BCUT2D eigenvalue weighted by Gasteiger charge is 2.21. The number of rotatable bonds is 12. The molecule has 8 rings (SSSR count). The van der Waals surface area contributed by atoms with Crippen molar-refractivity contribution < 1.29 is 9.90 Å². The van der Waals surface area contributed by atoms with Crippen LogP contribution in [0.15, 0.2) is 212 Å². The van der Waals surface area contributed by atoms with Gasteiger partial charge in [-0.1, -0.05) is 158 Å². The first-order valence-corrected chi connectivity index (χ1v) is 19.6. The maximum absolute atomic E-state index is 11.4. The normalized spacial score (nSPS) is 11.4. The number of carboxylic acid groups (broad SMARTS) is 1. The summed E-state index contributed by atoms with van der Waals surface area (Å²) in [5.41, 5.74) is 11.2. The van der Waals surface area contributed by atoms with Gasteiger partial charge in [0.25, 0.3) is 0 Å². The summed E-state index contributed by atoms with van der Waals surface area (Å²) in [5.74, 6) is -1.05. The van der Waals surface area contributed by atoms with E-state index in [0.717, 1.165) is 27.5 Å². The lowest BCUT2D eigenvalue weighted by Gasteiger charge is -2.27. The Balaban J connectivity index is 1.18. The van der Waals surface area contributed by atoms with Gasteiger partial charge in [0.05, 0.1) is 0 Å². The van der Waals surface area contributed by atoms with E-state index in [1.54, 1.807) is 6.07 Å². The maximum Gasteiger partial charge on any atom is 0.346 e. The van der Waals surface area contributed by atoms with Crippen LogP contribution >= 0.6 is 11.3 Å². The van der Waals surface area contributed by atoms with E-state index in [1.165, 1.54) is 50.8 Å². The molecule has 0 saturated carbocycles. The number of hydrogen-bond acceptors (Lipinski definition) is 4. The summed E-state index contributed by atoms with van der Waals surface area (Å²) in [4.78, 5) is 15.4.